The summed E-state index contributed by atoms with van der Waals surface area (Å²) in [5, 5.41) is 0. The van der Waals surface area contributed by atoms with Crippen molar-refractivity contribution >= 4 is 17.9 Å². The fourth-order valence-electron chi connectivity index (χ4n) is 8.07. The van der Waals surface area contributed by atoms with Crippen LogP contribution in [0.15, 0.2) is 122 Å². The molecule has 0 aromatic heterocycles. The molecule has 0 aromatic rings. The summed E-state index contributed by atoms with van der Waals surface area (Å²) in [5.41, 5.74) is 0. The van der Waals surface area contributed by atoms with E-state index in [-0.39, 0.29) is 31.6 Å². The third-order valence-corrected chi connectivity index (χ3v) is 12.5. The number of hydrogen-bond acceptors (Lipinski definition) is 6. The van der Waals surface area contributed by atoms with Crippen LogP contribution in [0.2, 0.25) is 0 Å². The number of rotatable bonds is 53. The van der Waals surface area contributed by atoms with Crippen molar-refractivity contribution in [3.63, 3.8) is 0 Å². The van der Waals surface area contributed by atoms with Crippen molar-refractivity contribution in [2.75, 3.05) is 13.2 Å². The van der Waals surface area contributed by atoms with Crippen molar-refractivity contribution in [3.05, 3.63) is 122 Å². The van der Waals surface area contributed by atoms with Gasteiger partial charge in [-0.3, -0.25) is 14.4 Å². The first-order chi connectivity index (χ1) is 36.0. The first-order valence-electron chi connectivity index (χ1n) is 30.0. The lowest BCUT2D eigenvalue weighted by Gasteiger charge is -2.18. The Balaban J connectivity index is 4.36. The van der Waals surface area contributed by atoms with Crippen molar-refractivity contribution in [2.45, 2.75) is 271 Å². The highest BCUT2D eigenvalue weighted by molar-refractivity contribution is 5.72. The van der Waals surface area contributed by atoms with Gasteiger partial charge in [-0.25, -0.2) is 0 Å². The van der Waals surface area contributed by atoms with E-state index in [1.807, 2.05) is 6.08 Å². The maximum atomic E-state index is 12.8. The van der Waals surface area contributed by atoms with Crippen LogP contribution in [0.1, 0.15) is 265 Å². The standard InChI is InChI=1S/C67H110O6/c1-4-7-10-13-16-19-22-25-27-28-29-30-31-32-33-34-35-36-37-38-40-42-45-48-51-54-57-60-66(69)72-63-64(62-71-65(68)59-56-53-50-47-44-41-24-21-18-15-12-9-6-3)73-67(70)61-58-55-52-49-46-43-39-26-23-20-17-14-11-8-5-2/h7-8,10-11,16-17,19-20,25-27,29-30,32-33,39,46,49,55,58,64H,4-6,9,12-15,18,21-24,28,31,34-38,40-45,47-48,50-54,56-57,59-63H2,1-3H3/b10-7-,11-8-,19-16-,20-17-,27-25-,30-29-,33-32-,39-26-,49-46-,58-55-. The Kier molecular flexibility index (Phi) is 56.9. The van der Waals surface area contributed by atoms with Crippen LogP contribution in [0, 0.1) is 0 Å². The van der Waals surface area contributed by atoms with E-state index in [1.54, 1.807) is 6.08 Å². The zero-order chi connectivity index (χ0) is 52.9. The normalized spacial score (nSPS) is 13.0. The lowest BCUT2D eigenvalue weighted by Crippen LogP contribution is -2.30. The summed E-state index contributed by atoms with van der Waals surface area (Å²) in [6.07, 6.45) is 83.7. The third kappa shape index (κ3) is 58.6. The molecule has 0 heterocycles. The topological polar surface area (TPSA) is 78.9 Å². The van der Waals surface area contributed by atoms with Crippen molar-refractivity contribution in [3.8, 4) is 0 Å². The predicted molar refractivity (Wildman–Crippen MR) is 316 cm³/mol. The van der Waals surface area contributed by atoms with Gasteiger partial charge in [0.15, 0.2) is 6.10 Å². The molecule has 0 aliphatic carbocycles. The van der Waals surface area contributed by atoms with Crippen LogP contribution in [-0.2, 0) is 28.6 Å². The Hall–Kier alpha value is -4.19. The molecule has 0 rings (SSSR count). The summed E-state index contributed by atoms with van der Waals surface area (Å²) < 4.78 is 16.8. The maximum Gasteiger partial charge on any atom is 0.310 e. The maximum absolute atomic E-state index is 12.8. The zero-order valence-electron chi connectivity index (χ0n) is 47.4. The number of esters is 3. The van der Waals surface area contributed by atoms with Gasteiger partial charge in [-0.1, -0.05) is 277 Å². The summed E-state index contributed by atoms with van der Waals surface area (Å²) in [6.45, 7) is 6.33. The van der Waals surface area contributed by atoms with E-state index in [1.165, 1.54) is 122 Å². The lowest BCUT2D eigenvalue weighted by atomic mass is 10.0. The van der Waals surface area contributed by atoms with Crippen LogP contribution in [-0.4, -0.2) is 37.2 Å². The summed E-state index contributed by atoms with van der Waals surface area (Å²) >= 11 is 0. The number of hydrogen-bond donors (Lipinski definition) is 0. The number of allylic oxidation sites excluding steroid dienone is 19. The number of carbonyl (C=O) groups is 3. The Labute approximate surface area is 450 Å². The minimum absolute atomic E-state index is 0.0945. The van der Waals surface area contributed by atoms with E-state index in [9.17, 15) is 14.4 Å². The summed E-state index contributed by atoms with van der Waals surface area (Å²) in [5.74, 6) is -1.05. The SMILES string of the molecule is CC/C=C\C/C=C\C/C=C\C/C=C\C/C=C\CCCCCCCCCCCCCC(=O)OCC(COC(=O)CCCCCCCCCCCCCCC)OC(=O)C/C=C\C/C=C\C/C=C\C/C=C\C/C=C\CC. The minimum Gasteiger partial charge on any atom is -0.462 e. The molecule has 6 nitrogen and oxygen atoms in total. The average Bonchev–Trinajstić information content (AvgIpc) is 3.39. The van der Waals surface area contributed by atoms with Gasteiger partial charge in [-0.05, 0) is 89.9 Å². The van der Waals surface area contributed by atoms with Gasteiger partial charge in [0.2, 0.25) is 0 Å². The van der Waals surface area contributed by atoms with Crippen molar-refractivity contribution in [2.24, 2.45) is 0 Å². The number of ether oxygens (including phenoxy) is 3. The molecule has 414 valence electrons. The van der Waals surface area contributed by atoms with Crippen LogP contribution in [0.4, 0.5) is 0 Å². The molecule has 0 saturated heterocycles. The Bertz CT molecular complexity index is 1540. The highest BCUT2D eigenvalue weighted by atomic mass is 16.6. The van der Waals surface area contributed by atoms with Crippen LogP contribution in [0.3, 0.4) is 0 Å². The zero-order valence-corrected chi connectivity index (χ0v) is 47.4. The van der Waals surface area contributed by atoms with E-state index < -0.39 is 12.1 Å². The van der Waals surface area contributed by atoms with Gasteiger partial charge in [-0.15, -0.1) is 0 Å². The van der Waals surface area contributed by atoms with Gasteiger partial charge < -0.3 is 14.2 Å². The molecule has 0 bridgehead atoms. The van der Waals surface area contributed by atoms with Crippen LogP contribution < -0.4 is 0 Å². The molecule has 0 aliphatic rings. The molecule has 0 N–H and O–H groups in total. The first-order valence-corrected chi connectivity index (χ1v) is 30.0. The van der Waals surface area contributed by atoms with Crippen LogP contribution in [0.25, 0.3) is 0 Å². The molecular weight excluding hydrogens is 901 g/mol. The van der Waals surface area contributed by atoms with Gasteiger partial charge in [0.1, 0.15) is 13.2 Å². The third-order valence-electron chi connectivity index (χ3n) is 12.5. The monoisotopic (exact) mass is 1010 g/mol. The molecule has 0 amide bonds. The first kappa shape index (κ1) is 68.8. The fourth-order valence-corrected chi connectivity index (χ4v) is 8.07. The van der Waals surface area contributed by atoms with Crippen molar-refractivity contribution in [1.82, 2.24) is 0 Å². The summed E-state index contributed by atoms with van der Waals surface area (Å²) in [7, 11) is 0. The quantitative estimate of drug-likeness (QED) is 0.0261. The van der Waals surface area contributed by atoms with Gasteiger partial charge >= 0.3 is 17.9 Å². The van der Waals surface area contributed by atoms with Crippen molar-refractivity contribution < 1.29 is 28.6 Å². The number of unbranched alkanes of at least 4 members (excludes halogenated alkanes) is 23. The van der Waals surface area contributed by atoms with E-state index in [4.69, 9.17) is 14.2 Å². The second-order valence-corrected chi connectivity index (χ2v) is 19.5. The molecule has 1 unspecified atom stereocenters. The van der Waals surface area contributed by atoms with Crippen LogP contribution in [0.5, 0.6) is 0 Å². The smallest absolute Gasteiger partial charge is 0.310 e. The molecule has 1 atom stereocenters. The van der Waals surface area contributed by atoms with E-state index >= 15 is 0 Å². The molecule has 0 spiro atoms. The average molecular weight is 1010 g/mol. The molecular formula is C67H110O6. The second-order valence-electron chi connectivity index (χ2n) is 19.5. The summed E-state index contributed by atoms with van der Waals surface area (Å²) in [4.78, 5) is 38.1. The van der Waals surface area contributed by atoms with Crippen LogP contribution >= 0.6 is 0 Å². The molecule has 6 heteroatoms. The van der Waals surface area contributed by atoms with Crippen molar-refractivity contribution in [1.29, 1.82) is 0 Å². The minimum atomic E-state index is -0.835. The van der Waals surface area contributed by atoms with Gasteiger partial charge in [-0.2, -0.15) is 0 Å². The molecule has 0 fully saturated rings. The highest BCUT2D eigenvalue weighted by Crippen LogP contribution is 2.15. The summed E-state index contributed by atoms with van der Waals surface area (Å²) in [6, 6.07) is 0. The van der Waals surface area contributed by atoms with Gasteiger partial charge in [0.05, 0.1) is 6.42 Å². The molecule has 0 saturated carbocycles. The Morgan fingerprint density at radius 3 is 0.904 bits per heavy atom. The molecule has 0 aliphatic heterocycles. The van der Waals surface area contributed by atoms with E-state index in [0.29, 0.717) is 12.8 Å². The highest BCUT2D eigenvalue weighted by Gasteiger charge is 2.19. The largest absolute Gasteiger partial charge is 0.462 e. The molecule has 73 heavy (non-hydrogen) atoms. The molecule has 0 aromatic carbocycles. The Morgan fingerprint density at radius 1 is 0.301 bits per heavy atom. The van der Waals surface area contributed by atoms with Gasteiger partial charge in [0, 0.05) is 12.8 Å². The molecule has 0 radical (unpaired) electrons. The lowest BCUT2D eigenvalue weighted by molar-refractivity contribution is -0.166. The van der Waals surface area contributed by atoms with E-state index in [0.717, 1.165) is 103 Å². The fraction of sp³-hybridized carbons (Fsp3) is 0.657. The Morgan fingerprint density at radius 2 is 0.575 bits per heavy atom. The van der Waals surface area contributed by atoms with Gasteiger partial charge in [0.25, 0.3) is 0 Å². The second kappa shape index (κ2) is 60.4. The number of carbonyl (C=O) groups excluding carboxylic acids is 3. The predicted octanol–water partition coefficient (Wildman–Crippen LogP) is 20.4. The van der Waals surface area contributed by atoms with E-state index in [2.05, 4.69) is 130 Å².